The average Bonchev–Trinajstić information content (AvgIpc) is 2.74. The Labute approximate surface area is 181 Å². The molecule has 0 aliphatic heterocycles. The Balaban J connectivity index is 1.73. The lowest BCUT2D eigenvalue weighted by atomic mass is 10.1. The maximum Gasteiger partial charge on any atom is 0.251 e. The minimum atomic E-state index is -0.292. The lowest BCUT2D eigenvalue weighted by Crippen LogP contribution is -2.26. The second-order valence-electron chi connectivity index (χ2n) is 7.10. The van der Waals surface area contributed by atoms with Crippen LogP contribution in [0.5, 0.6) is 5.75 Å². The number of nitrogens with one attached hydrogen (secondary N) is 1. The molecule has 3 aromatic rings. The molecule has 0 aliphatic carbocycles. The lowest BCUT2D eigenvalue weighted by Gasteiger charge is -2.16. The van der Waals surface area contributed by atoms with E-state index in [0.29, 0.717) is 17.9 Å². The molecule has 0 spiro atoms. The molecule has 156 valence electrons. The third-order valence-electron chi connectivity index (χ3n) is 4.76. The Kier molecular flexibility index (Phi) is 7.52. The fourth-order valence-electron chi connectivity index (χ4n) is 3.04. The van der Waals surface area contributed by atoms with Gasteiger partial charge >= 0.3 is 0 Å². The van der Waals surface area contributed by atoms with Gasteiger partial charge in [0.05, 0.1) is 12.6 Å². The van der Waals surface area contributed by atoms with E-state index in [-0.39, 0.29) is 17.8 Å². The Morgan fingerprint density at radius 2 is 1.77 bits per heavy atom. The largest absolute Gasteiger partial charge is 0.494 e. The van der Waals surface area contributed by atoms with Crippen LogP contribution in [0, 0.1) is 12.7 Å². The highest BCUT2D eigenvalue weighted by Gasteiger charge is 2.14. The van der Waals surface area contributed by atoms with Crippen molar-refractivity contribution in [1.82, 2.24) is 5.32 Å². The summed E-state index contributed by atoms with van der Waals surface area (Å²) < 4.78 is 18.9. The highest BCUT2D eigenvalue weighted by molar-refractivity contribution is 7.98. The molecule has 1 atom stereocenters. The van der Waals surface area contributed by atoms with E-state index in [9.17, 15) is 9.18 Å². The highest BCUT2D eigenvalue weighted by atomic mass is 32.2. The highest BCUT2D eigenvalue weighted by Crippen LogP contribution is 2.29. The van der Waals surface area contributed by atoms with Crippen molar-refractivity contribution in [2.75, 3.05) is 6.61 Å². The molecule has 0 unspecified atom stereocenters. The van der Waals surface area contributed by atoms with E-state index in [1.807, 2.05) is 26.0 Å². The van der Waals surface area contributed by atoms with Crippen LogP contribution in [-0.2, 0) is 5.75 Å². The van der Waals surface area contributed by atoms with E-state index in [0.717, 1.165) is 16.9 Å². The third kappa shape index (κ3) is 5.86. The number of carbonyl (C=O) groups is 1. The van der Waals surface area contributed by atoms with Crippen molar-refractivity contribution in [3.63, 3.8) is 0 Å². The van der Waals surface area contributed by atoms with Crippen molar-refractivity contribution in [3.8, 4) is 5.75 Å². The Hall–Kier alpha value is -2.79. The summed E-state index contributed by atoms with van der Waals surface area (Å²) in [5.41, 5.74) is 3.63. The molecule has 1 N–H and O–H groups in total. The number of hydrogen-bond acceptors (Lipinski definition) is 3. The van der Waals surface area contributed by atoms with Gasteiger partial charge in [-0.15, -0.1) is 11.8 Å². The standard InChI is InChI=1S/C25H26FNO2S/c1-4-29-24-14-9-20(15-21(24)16-30-23-12-5-17(2)6-13-23)25(28)27-18(3)19-7-10-22(26)11-8-19/h5-15,18H,4,16H2,1-3H3,(H,27,28)/t18-/m1/s1. The van der Waals surface area contributed by atoms with E-state index < -0.39 is 0 Å². The van der Waals surface area contributed by atoms with Gasteiger partial charge in [0.25, 0.3) is 5.91 Å². The van der Waals surface area contributed by atoms with Crippen LogP contribution in [0.2, 0.25) is 0 Å². The van der Waals surface area contributed by atoms with Crippen LogP contribution in [0.25, 0.3) is 0 Å². The fraction of sp³-hybridized carbons (Fsp3) is 0.240. The van der Waals surface area contributed by atoms with Crippen LogP contribution in [0.3, 0.4) is 0 Å². The molecule has 0 aliphatic rings. The molecule has 0 saturated carbocycles. The summed E-state index contributed by atoms with van der Waals surface area (Å²) in [5.74, 6) is 1.03. The zero-order chi connectivity index (χ0) is 21.5. The normalized spacial score (nSPS) is 11.7. The molecular weight excluding hydrogens is 397 g/mol. The first-order valence-electron chi connectivity index (χ1n) is 9.97. The fourth-order valence-corrected chi connectivity index (χ4v) is 3.92. The van der Waals surface area contributed by atoms with Crippen LogP contribution in [-0.4, -0.2) is 12.5 Å². The molecule has 5 heteroatoms. The predicted octanol–water partition coefficient (Wildman–Crippen LogP) is 6.32. The quantitative estimate of drug-likeness (QED) is 0.431. The van der Waals surface area contributed by atoms with Crippen molar-refractivity contribution in [2.24, 2.45) is 0 Å². The summed E-state index contributed by atoms with van der Waals surface area (Å²) in [5, 5.41) is 2.98. The third-order valence-corrected chi connectivity index (χ3v) is 5.82. The molecule has 0 fully saturated rings. The summed E-state index contributed by atoms with van der Waals surface area (Å²) in [4.78, 5) is 14.0. The number of halogens is 1. The Morgan fingerprint density at radius 1 is 1.07 bits per heavy atom. The zero-order valence-electron chi connectivity index (χ0n) is 17.4. The number of aryl methyl sites for hydroxylation is 1. The summed E-state index contributed by atoms with van der Waals surface area (Å²) >= 11 is 1.71. The van der Waals surface area contributed by atoms with Crippen LogP contribution in [0.4, 0.5) is 4.39 Å². The molecule has 0 bridgehead atoms. The van der Waals surface area contributed by atoms with E-state index >= 15 is 0 Å². The van der Waals surface area contributed by atoms with Gasteiger partial charge in [-0.05, 0) is 68.8 Å². The van der Waals surface area contributed by atoms with Gasteiger partial charge in [0.2, 0.25) is 0 Å². The number of rotatable bonds is 8. The summed E-state index contributed by atoms with van der Waals surface area (Å²) in [6.45, 7) is 6.46. The Morgan fingerprint density at radius 3 is 2.43 bits per heavy atom. The van der Waals surface area contributed by atoms with Gasteiger partial charge in [-0.2, -0.15) is 0 Å². The first kappa shape index (κ1) is 21.9. The van der Waals surface area contributed by atoms with Crippen LogP contribution in [0.1, 0.15) is 46.9 Å². The van der Waals surface area contributed by atoms with Crippen molar-refractivity contribution in [1.29, 1.82) is 0 Å². The van der Waals surface area contributed by atoms with Crippen molar-refractivity contribution >= 4 is 17.7 Å². The SMILES string of the molecule is CCOc1ccc(C(=O)N[C@H](C)c2ccc(F)cc2)cc1CSc1ccc(C)cc1. The van der Waals surface area contributed by atoms with Crippen molar-refractivity contribution in [3.05, 3.63) is 94.8 Å². The first-order chi connectivity index (χ1) is 14.5. The van der Waals surface area contributed by atoms with Gasteiger partial charge < -0.3 is 10.1 Å². The number of benzene rings is 3. The van der Waals surface area contributed by atoms with Gasteiger partial charge in [0.15, 0.2) is 0 Å². The van der Waals surface area contributed by atoms with Gasteiger partial charge in [-0.25, -0.2) is 4.39 Å². The molecule has 0 saturated heterocycles. The number of amides is 1. The zero-order valence-corrected chi connectivity index (χ0v) is 18.3. The average molecular weight is 424 g/mol. The molecule has 3 rings (SSSR count). The van der Waals surface area contributed by atoms with Gasteiger partial charge in [-0.1, -0.05) is 29.8 Å². The van der Waals surface area contributed by atoms with E-state index in [1.54, 1.807) is 30.0 Å². The number of ether oxygens (including phenoxy) is 1. The number of carbonyl (C=O) groups excluding carboxylic acids is 1. The molecular formula is C25H26FNO2S. The Bertz CT molecular complexity index is 987. The van der Waals surface area contributed by atoms with Crippen LogP contribution < -0.4 is 10.1 Å². The molecule has 3 aromatic carbocycles. The summed E-state index contributed by atoms with van der Waals surface area (Å²) in [6.07, 6.45) is 0. The lowest BCUT2D eigenvalue weighted by molar-refractivity contribution is 0.0939. The van der Waals surface area contributed by atoms with Crippen molar-refractivity contribution in [2.45, 2.75) is 37.5 Å². The minimum absolute atomic E-state index is 0.170. The van der Waals surface area contributed by atoms with E-state index in [4.69, 9.17) is 4.74 Å². The second-order valence-corrected chi connectivity index (χ2v) is 8.15. The van der Waals surface area contributed by atoms with E-state index in [1.165, 1.54) is 22.6 Å². The van der Waals surface area contributed by atoms with Crippen LogP contribution >= 0.6 is 11.8 Å². The van der Waals surface area contributed by atoms with Crippen LogP contribution in [0.15, 0.2) is 71.6 Å². The number of hydrogen-bond donors (Lipinski definition) is 1. The molecule has 30 heavy (non-hydrogen) atoms. The van der Waals surface area contributed by atoms with Gasteiger partial charge in [-0.3, -0.25) is 4.79 Å². The maximum atomic E-state index is 13.1. The first-order valence-corrected chi connectivity index (χ1v) is 11.0. The molecule has 1 amide bonds. The molecule has 0 heterocycles. The number of thioether (sulfide) groups is 1. The van der Waals surface area contributed by atoms with Gasteiger partial charge in [0, 0.05) is 21.8 Å². The topological polar surface area (TPSA) is 38.3 Å². The van der Waals surface area contributed by atoms with E-state index in [2.05, 4.69) is 36.5 Å². The minimum Gasteiger partial charge on any atom is -0.494 e. The summed E-state index contributed by atoms with van der Waals surface area (Å²) in [7, 11) is 0. The van der Waals surface area contributed by atoms with Crippen molar-refractivity contribution < 1.29 is 13.9 Å². The monoisotopic (exact) mass is 423 g/mol. The molecule has 0 radical (unpaired) electrons. The van der Waals surface area contributed by atoms with Gasteiger partial charge in [0.1, 0.15) is 11.6 Å². The second kappa shape index (κ2) is 10.3. The summed E-state index contributed by atoms with van der Waals surface area (Å²) in [6, 6.07) is 19.8. The maximum absolute atomic E-state index is 13.1. The predicted molar refractivity (Wildman–Crippen MR) is 121 cm³/mol. The molecule has 3 nitrogen and oxygen atoms in total. The smallest absolute Gasteiger partial charge is 0.251 e. The molecule has 0 aromatic heterocycles.